The number of aromatic nitrogens is 3. The summed E-state index contributed by atoms with van der Waals surface area (Å²) in [5, 5.41) is 11.8. The van der Waals surface area contributed by atoms with Crippen molar-refractivity contribution in [3.8, 4) is 5.69 Å². The standard InChI is InChI=1S/C14H13N5O3S2/c1-9-6-12(24(15,21)22)23-13(9)14(20)18-10-2-4-11(5-3-10)19-8-16-7-17-19/h2-8H,1H3,(H,18,20)(H2,15,21,22). The average Bonchev–Trinajstić information content (AvgIpc) is 3.16. The molecule has 0 radical (unpaired) electrons. The lowest BCUT2D eigenvalue weighted by Gasteiger charge is -2.06. The minimum absolute atomic E-state index is 0.0355. The van der Waals surface area contributed by atoms with E-state index in [1.807, 2.05) is 0 Å². The van der Waals surface area contributed by atoms with E-state index in [1.165, 1.54) is 12.4 Å². The van der Waals surface area contributed by atoms with Gasteiger partial charge in [0.05, 0.1) is 10.6 Å². The van der Waals surface area contributed by atoms with E-state index in [-0.39, 0.29) is 10.1 Å². The van der Waals surface area contributed by atoms with Gasteiger partial charge >= 0.3 is 0 Å². The molecule has 0 saturated carbocycles. The zero-order valence-corrected chi connectivity index (χ0v) is 14.1. The topological polar surface area (TPSA) is 120 Å². The molecule has 8 nitrogen and oxygen atoms in total. The Labute approximate surface area is 142 Å². The van der Waals surface area contributed by atoms with Gasteiger partial charge in [-0.3, -0.25) is 4.79 Å². The van der Waals surface area contributed by atoms with Crippen molar-refractivity contribution in [2.75, 3.05) is 5.32 Å². The van der Waals surface area contributed by atoms with E-state index < -0.39 is 10.0 Å². The van der Waals surface area contributed by atoms with Gasteiger partial charge in [0.25, 0.3) is 5.91 Å². The monoisotopic (exact) mass is 363 g/mol. The number of hydrogen-bond donors (Lipinski definition) is 2. The lowest BCUT2D eigenvalue weighted by atomic mass is 10.2. The highest BCUT2D eigenvalue weighted by molar-refractivity contribution is 7.91. The number of rotatable bonds is 4. The Morgan fingerprint density at radius 1 is 1.29 bits per heavy atom. The molecule has 1 aromatic carbocycles. The van der Waals surface area contributed by atoms with E-state index in [0.29, 0.717) is 16.1 Å². The van der Waals surface area contributed by atoms with E-state index in [1.54, 1.807) is 42.2 Å². The molecule has 2 aromatic heterocycles. The summed E-state index contributed by atoms with van der Waals surface area (Å²) in [6.07, 6.45) is 3.00. The number of carbonyl (C=O) groups is 1. The molecular formula is C14H13N5O3S2. The van der Waals surface area contributed by atoms with Gasteiger partial charge in [-0.15, -0.1) is 11.3 Å². The van der Waals surface area contributed by atoms with Crippen LogP contribution in [0.3, 0.4) is 0 Å². The predicted molar refractivity (Wildman–Crippen MR) is 89.7 cm³/mol. The van der Waals surface area contributed by atoms with Gasteiger partial charge in [-0.1, -0.05) is 0 Å². The molecule has 1 amide bonds. The van der Waals surface area contributed by atoms with Crippen molar-refractivity contribution in [3.05, 3.63) is 53.4 Å². The van der Waals surface area contributed by atoms with Gasteiger partial charge in [0, 0.05) is 5.69 Å². The Balaban J connectivity index is 1.79. The number of nitrogens with one attached hydrogen (secondary N) is 1. The third-order valence-electron chi connectivity index (χ3n) is 3.19. The number of nitrogens with two attached hydrogens (primary N) is 1. The van der Waals surface area contributed by atoms with Gasteiger partial charge in [0.1, 0.15) is 16.9 Å². The Kier molecular flexibility index (Phi) is 4.18. The van der Waals surface area contributed by atoms with E-state index in [0.717, 1.165) is 17.0 Å². The number of anilines is 1. The Bertz CT molecular complexity index is 976. The van der Waals surface area contributed by atoms with Gasteiger partial charge in [0.15, 0.2) is 0 Å². The molecule has 0 saturated heterocycles. The molecule has 124 valence electrons. The first kappa shape index (κ1) is 16.3. The van der Waals surface area contributed by atoms with Crippen LogP contribution in [-0.4, -0.2) is 29.1 Å². The zero-order chi connectivity index (χ0) is 17.3. The summed E-state index contributed by atoms with van der Waals surface area (Å²) < 4.78 is 24.3. The maximum Gasteiger partial charge on any atom is 0.266 e. The number of amides is 1. The maximum absolute atomic E-state index is 12.3. The summed E-state index contributed by atoms with van der Waals surface area (Å²) in [5.74, 6) is -0.388. The lowest BCUT2D eigenvalue weighted by molar-refractivity contribution is 0.103. The average molecular weight is 363 g/mol. The van der Waals surface area contributed by atoms with E-state index in [9.17, 15) is 13.2 Å². The molecule has 10 heteroatoms. The van der Waals surface area contributed by atoms with Crippen LogP contribution in [0.1, 0.15) is 15.2 Å². The molecule has 0 fully saturated rings. The molecule has 0 aliphatic carbocycles. The lowest BCUT2D eigenvalue weighted by Crippen LogP contribution is -2.11. The van der Waals surface area contributed by atoms with Gasteiger partial charge in [-0.25, -0.2) is 23.2 Å². The van der Waals surface area contributed by atoms with Crippen molar-refractivity contribution in [1.29, 1.82) is 0 Å². The Morgan fingerprint density at radius 3 is 2.54 bits per heavy atom. The number of thiophene rings is 1. The minimum atomic E-state index is -3.82. The molecule has 3 N–H and O–H groups in total. The fraction of sp³-hybridized carbons (Fsp3) is 0.0714. The number of benzene rings is 1. The number of aryl methyl sites for hydroxylation is 1. The molecule has 0 aliphatic heterocycles. The van der Waals surface area contributed by atoms with Crippen LogP contribution in [0.4, 0.5) is 5.69 Å². The van der Waals surface area contributed by atoms with Crippen molar-refractivity contribution >= 4 is 33.0 Å². The highest BCUT2D eigenvalue weighted by Gasteiger charge is 2.19. The molecule has 0 bridgehead atoms. The first-order valence-electron chi connectivity index (χ1n) is 6.74. The van der Waals surface area contributed by atoms with Crippen molar-refractivity contribution < 1.29 is 13.2 Å². The highest BCUT2D eigenvalue weighted by atomic mass is 32.2. The second-order valence-corrected chi connectivity index (χ2v) is 7.80. The van der Waals surface area contributed by atoms with Crippen LogP contribution < -0.4 is 10.5 Å². The third-order valence-corrected chi connectivity index (χ3v) is 5.85. The SMILES string of the molecule is Cc1cc(S(N)(=O)=O)sc1C(=O)Nc1ccc(-n2cncn2)cc1. The van der Waals surface area contributed by atoms with Crippen LogP contribution in [0.15, 0.2) is 47.2 Å². The first-order valence-corrected chi connectivity index (χ1v) is 9.10. The van der Waals surface area contributed by atoms with E-state index in [4.69, 9.17) is 5.14 Å². The van der Waals surface area contributed by atoms with Gasteiger partial charge in [-0.05, 0) is 42.8 Å². The van der Waals surface area contributed by atoms with E-state index in [2.05, 4.69) is 15.4 Å². The summed E-state index contributed by atoms with van der Waals surface area (Å²) in [6, 6.07) is 8.39. The Morgan fingerprint density at radius 2 is 2.00 bits per heavy atom. The molecule has 3 rings (SSSR count). The number of hydrogen-bond acceptors (Lipinski definition) is 6. The number of primary sulfonamides is 1. The zero-order valence-electron chi connectivity index (χ0n) is 12.5. The number of sulfonamides is 1. The molecule has 24 heavy (non-hydrogen) atoms. The maximum atomic E-state index is 12.3. The summed E-state index contributed by atoms with van der Waals surface area (Å²) in [4.78, 5) is 16.5. The van der Waals surface area contributed by atoms with Crippen molar-refractivity contribution in [2.45, 2.75) is 11.1 Å². The Hall–Kier alpha value is -2.56. The molecule has 0 spiro atoms. The second kappa shape index (κ2) is 6.15. The largest absolute Gasteiger partial charge is 0.321 e. The second-order valence-electron chi connectivity index (χ2n) is 4.96. The molecular weight excluding hydrogens is 350 g/mol. The van der Waals surface area contributed by atoms with Crippen LogP contribution in [-0.2, 0) is 10.0 Å². The summed E-state index contributed by atoms with van der Waals surface area (Å²) in [6.45, 7) is 1.66. The number of carbonyl (C=O) groups excluding carboxylic acids is 1. The van der Waals surface area contributed by atoms with Crippen LogP contribution in [0.5, 0.6) is 0 Å². The molecule has 0 atom stereocenters. The van der Waals surface area contributed by atoms with Crippen molar-refractivity contribution in [3.63, 3.8) is 0 Å². The van der Waals surface area contributed by atoms with Crippen LogP contribution in [0.2, 0.25) is 0 Å². The highest BCUT2D eigenvalue weighted by Crippen LogP contribution is 2.26. The van der Waals surface area contributed by atoms with Gasteiger partial charge in [0.2, 0.25) is 10.0 Å². The molecule has 2 heterocycles. The molecule has 3 aromatic rings. The van der Waals surface area contributed by atoms with Crippen molar-refractivity contribution in [2.24, 2.45) is 5.14 Å². The van der Waals surface area contributed by atoms with Crippen LogP contribution in [0, 0.1) is 6.92 Å². The van der Waals surface area contributed by atoms with Gasteiger partial charge in [-0.2, -0.15) is 5.10 Å². The predicted octanol–water partition coefficient (Wildman–Crippen LogP) is 1.54. The summed E-state index contributed by atoms with van der Waals surface area (Å²) >= 11 is 0.848. The summed E-state index contributed by atoms with van der Waals surface area (Å²) in [5.41, 5.74) is 1.93. The normalized spacial score (nSPS) is 11.4. The summed E-state index contributed by atoms with van der Waals surface area (Å²) in [7, 11) is -3.82. The molecule has 0 aliphatic rings. The van der Waals surface area contributed by atoms with E-state index >= 15 is 0 Å². The quantitative estimate of drug-likeness (QED) is 0.728. The molecule has 0 unspecified atom stereocenters. The third kappa shape index (κ3) is 3.35. The smallest absolute Gasteiger partial charge is 0.266 e. The van der Waals surface area contributed by atoms with Crippen LogP contribution >= 0.6 is 11.3 Å². The number of nitrogens with zero attached hydrogens (tertiary/aromatic N) is 3. The van der Waals surface area contributed by atoms with Crippen LogP contribution in [0.25, 0.3) is 5.69 Å². The van der Waals surface area contributed by atoms with Gasteiger partial charge < -0.3 is 5.32 Å². The first-order chi connectivity index (χ1) is 11.3. The fourth-order valence-corrected chi connectivity index (χ4v) is 3.90. The minimum Gasteiger partial charge on any atom is -0.321 e. The fourth-order valence-electron chi connectivity index (χ4n) is 2.05. The van der Waals surface area contributed by atoms with Crippen molar-refractivity contribution in [1.82, 2.24) is 14.8 Å².